The molecule has 0 radical (unpaired) electrons. The van der Waals surface area contributed by atoms with Crippen molar-refractivity contribution >= 4 is 64.9 Å². The van der Waals surface area contributed by atoms with Crippen LogP contribution in [0.15, 0.2) is 18.3 Å². The molecule has 1 fully saturated rings. The Morgan fingerprint density at radius 1 is 1.32 bits per heavy atom. The number of methoxy groups -OCH3 is 1. The van der Waals surface area contributed by atoms with E-state index in [2.05, 4.69) is 37.1 Å². The van der Waals surface area contributed by atoms with Gasteiger partial charge in [-0.1, -0.05) is 11.6 Å². The summed E-state index contributed by atoms with van der Waals surface area (Å²) in [7, 11) is 1.22. The van der Waals surface area contributed by atoms with E-state index in [9.17, 15) is 25.2 Å². The van der Waals surface area contributed by atoms with Gasteiger partial charge >= 0.3 is 12.1 Å². The van der Waals surface area contributed by atoms with Crippen molar-refractivity contribution in [2.75, 3.05) is 42.3 Å². The number of esters is 1. The molecule has 234 valence electrons. The lowest BCUT2D eigenvalue weighted by Crippen LogP contribution is -2.57. The minimum absolute atomic E-state index is 0. The van der Waals surface area contributed by atoms with E-state index in [4.69, 9.17) is 26.8 Å². The molecule has 3 heterocycles. The number of nitriles is 2. The van der Waals surface area contributed by atoms with Gasteiger partial charge in [-0.25, -0.2) is 9.78 Å². The molecule has 3 aromatic rings. The molecule has 1 aromatic carbocycles. The maximum Gasteiger partial charge on any atom is 0.407 e. The number of imidazole rings is 1. The summed E-state index contributed by atoms with van der Waals surface area (Å²) in [4.78, 5) is 35.1. The van der Waals surface area contributed by atoms with Gasteiger partial charge in [0.15, 0.2) is 17.2 Å². The topological polar surface area (TPSA) is 229 Å². The lowest BCUT2D eigenvalue weighted by atomic mass is 10.00. The number of nitrogens with one attached hydrogen (secondary N) is 3. The maximum atomic E-state index is 12.6. The third kappa shape index (κ3) is 7.29. The van der Waals surface area contributed by atoms with Gasteiger partial charge in [-0.05, 0) is 32.4 Å². The molecular formula is C26H31Cl2N11O5. The fourth-order valence-corrected chi connectivity index (χ4v) is 4.74. The van der Waals surface area contributed by atoms with E-state index >= 15 is 0 Å². The molecular weight excluding hydrogens is 617 g/mol. The number of rotatable bonds is 9. The average molecular weight is 649 g/mol. The van der Waals surface area contributed by atoms with Gasteiger partial charge in [0.1, 0.15) is 18.2 Å². The third-order valence-electron chi connectivity index (χ3n) is 6.70. The van der Waals surface area contributed by atoms with Crippen LogP contribution in [0.2, 0.25) is 5.02 Å². The van der Waals surface area contributed by atoms with Gasteiger partial charge in [-0.3, -0.25) is 4.79 Å². The number of piperidine rings is 1. The third-order valence-corrected chi connectivity index (χ3v) is 7.10. The summed E-state index contributed by atoms with van der Waals surface area (Å²) in [5.41, 5.74) is 7.32. The van der Waals surface area contributed by atoms with Gasteiger partial charge in [0.05, 0.1) is 60.0 Å². The largest absolute Gasteiger partial charge is 0.457 e. The quantitative estimate of drug-likeness (QED) is 0.208. The second-order valence-electron chi connectivity index (χ2n) is 9.62. The number of aliphatic hydroxyl groups is 1. The summed E-state index contributed by atoms with van der Waals surface area (Å²) in [5.74, 6) is -0.381. The number of ether oxygens (including phenoxy) is 2. The summed E-state index contributed by atoms with van der Waals surface area (Å²) in [6.45, 7) is 4.19. The standard InChI is InChI=1S/C26H30ClN11O5.ClH/c1-4-31-22-23-32-11-15(10-29)38(23)36-25(35-22)33-17-7-14(9-28)8-18(20(17)27)37-6-5-16(34-26(41)42-3)19(12-37)43-24(40)21(30)13(2)39;/h7-8,11,13,16,19,21,39H,4-6,12,30H2,1-3H3,(H,34,41)(H2,31,33,35,36);1H/t13-,16-,19-,21+;/m1./s1. The summed E-state index contributed by atoms with van der Waals surface area (Å²) in [6, 6.07) is 5.32. The molecule has 0 aliphatic carbocycles. The number of hydrogen-bond donors (Lipinski definition) is 5. The predicted octanol–water partition coefficient (Wildman–Crippen LogP) is 1.67. The van der Waals surface area contributed by atoms with Crippen LogP contribution in [-0.4, -0.2) is 87.8 Å². The number of nitrogens with two attached hydrogens (primary N) is 1. The number of fused-ring (bicyclic) bond motifs is 1. The number of carbonyl (C=O) groups excluding carboxylic acids is 2. The maximum absolute atomic E-state index is 12.6. The summed E-state index contributed by atoms with van der Waals surface area (Å²) < 4.78 is 11.7. The van der Waals surface area contributed by atoms with E-state index in [1.807, 2.05) is 13.0 Å². The Morgan fingerprint density at radius 3 is 2.70 bits per heavy atom. The first-order chi connectivity index (χ1) is 20.6. The van der Waals surface area contributed by atoms with Crippen LogP contribution in [0.3, 0.4) is 0 Å². The van der Waals surface area contributed by atoms with E-state index in [-0.39, 0.29) is 41.2 Å². The molecule has 1 amide bonds. The molecule has 0 spiro atoms. The van der Waals surface area contributed by atoms with Crippen molar-refractivity contribution in [3.8, 4) is 12.1 Å². The number of carbonyl (C=O) groups is 2. The van der Waals surface area contributed by atoms with Crippen LogP contribution in [0.5, 0.6) is 0 Å². The SMILES string of the molecule is CCNc1nc(Nc2cc(C#N)cc(N3CC[C@@H](NC(=O)OC)[C@H](OC(=O)[C@@H](N)[C@@H](C)O)C3)c2Cl)nn2c(C#N)cnc12.Cl. The van der Waals surface area contributed by atoms with Crippen LogP contribution in [0.4, 0.5) is 27.9 Å². The van der Waals surface area contributed by atoms with Crippen LogP contribution in [0.1, 0.15) is 31.5 Å². The van der Waals surface area contributed by atoms with Crippen molar-refractivity contribution in [3.05, 3.63) is 34.6 Å². The average Bonchev–Trinajstić information content (AvgIpc) is 3.41. The summed E-state index contributed by atoms with van der Waals surface area (Å²) in [6.07, 6.45) is -1.07. The monoisotopic (exact) mass is 647 g/mol. The molecule has 44 heavy (non-hydrogen) atoms. The van der Waals surface area contributed by atoms with Crippen molar-refractivity contribution in [1.82, 2.24) is 24.9 Å². The molecule has 4 rings (SSSR count). The number of benzene rings is 1. The molecule has 0 saturated carbocycles. The lowest BCUT2D eigenvalue weighted by molar-refractivity contribution is -0.154. The molecule has 1 aliphatic rings. The first-order valence-electron chi connectivity index (χ1n) is 13.2. The molecule has 6 N–H and O–H groups in total. The number of anilines is 4. The van der Waals surface area contributed by atoms with Crippen molar-refractivity contribution in [3.63, 3.8) is 0 Å². The van der Waals surface area contributed by atoms with Gasteiger partial charge < -0.3 is 41.2 Å². The first-order valence-corrected chi connectivity index (χ1v) is 13.6. The zero-order chi connectivity index (χ0) is 31.3. The van der Waals surface area contributed by atoms with E-state index in [0.29, 0.717) is 42.4 Å². The van der Waals surface area contributed by atoms with Gasteiger partial charge in [0, 0.05) is 13.1 Å². The summed E-state index contributed by atoms with van der Waals surface area (Å²) in [5, 5.41) is 42.4. The molecule has 1 saturated heterocycles. The number of amides is 1. The van der Waals surface area contributed by atoms with E-state index in [1.165, 1.54) is 30.8 Å². The Hall–Kier alpha value is -4.61. The highest BCUT2D eigenvalue weighted by Crippen LogP contribution is 2.37. The van der Waals surface area contributed by atoms with Crippen molar-refractivity contribution in [2.45, 2.75) is 44.6 Å². The zero-order valence-electron chi connectivity index (χ0n) is 23.9. The van der Waals surface area contributed by atoms with Crippen LogP contribution < -0.4 is 26.6 Å². The molecule has 0 bridgehead atoms. The Kier molecular flexibility index (Phi) is 11.3. The smallest absolute Gasteiger partial charge is 0.407 e. The van der Waals surface area contributed by atoms with Crippen LogP contribution in [0.25, 0.3) is 5.65 Å². The molecule has 4 atom stereocenters. The fraction of sp³-hybridized carbons (Fsp3) is 0.423. The Balaban J connectivity index is 0.00000529. The van der Waals surface area contributed by atoms with Crippen molar-refractivity contribution in [1.29, 1.82) is 10.5 Å². The molecule has 0 unspecified atom stereocenters. The van der Waals surface area contributed by atoms with Crippen LogP contribution in [-0.2, 0) is 14.3 Å². The fourth-order valence-electron chi connectivity index (χ4n) is 4.47. The van der Waals surface area contributed by atoms with E-state index in [1.54, 1.807) is 11.0 Å². The second kappa shape index (κ2) is 14.7. The second-order valence-corrected chi connectivity index (χ2v) is 10.00. The Morgan fingerprint density at radius 2 is 2.07 bits per heavy atom. The summed E-state index contributed by atoms with van der Waals surface area (Å²) >= 11 is 6.86. The van der Waals surface area contributed by atoms with Crippen LogP contribution in [0, 0.1) is 22.7 Å². The predicted molar refractivity (Wildman–Crippen MR) is 162 cm³/mol. The number of nitrogens with zero attached hydrogens (tertiary/aromatic N) is 7. The van der Waals surface area contributed by atoms with Crippen molar-refractivity contribution in [2.24, 2.45) is 5.73 Å². The highest BCUT2D eigenvalue weighted by atomic mass is 35.5. The van der Waals surface area contributed by atoms with Gasteiger partial charge in [-0.2, -0.15) is 20.0 Å². The number of aromatic nitrogens is 4. The number of halogens is 2. The molecule has 2 aromatic heterocycles. The lowest BCUT2D eigenvalue weighted by Gasteiger charge is -2.40. The van der Waals surface area contributed by atoms with Gasteiger partial charge in [0.2, 0.25) is 5.95 Å². The number of alkyl carbamates (subject to hydrolysis) is 1. The van der Waals surface area contributed by atoms with Gasteiger partial charge in [-0.15, -0.1) is 17.5 Å². The normalized spacial score (nSPS) is 17.3. The minimum Gasteiger partial charge on any atom is -0.457 e. The molecule has 16 nitrogen and oxygen atoms in total. The van der Waals surface area contributed by atoms with E-state index < -0.39 is 36.4 Å². The highest BCUT2D eigenvalue weighted by molar-refractivity contribution is 6.36. The van der Waals surface area contributed by atoms with Crippen LogP contribution >= 0.6 is 24.0 Å². The Labute approximate surface area is 263 Å². The number of aliphatic hydroxyl groups excluding tert-OH is 1. The van der Waals surface area contributed by atoms with E-state index in [0.717, 1.165) is 0 Å². The van der Waals surface area contributed by atoms with Crippen molar-refractivity contribution < 1.29 is 24.2 Å². The first kappa shape index (κ1) is 33.9. The van der Waals surface area contributed by atoms with Gasteiger partial charge in [0.25, 0.3) is 0 Å². The zero-order valence-corrected chi connectivity index (χ0v) is 25.5. The molecule has 18 heteroatoms. The highest BCUT2D eigenvalue weighted by Gasteiger charge is 2.36. The number of hydrogen-bond acceptors (Lipinski definition) is 14. The Bertz CT molecular complexity index is 1600. The minimum atomic E-state index is -1.29. The molecule has 1 aliphatic heterocycles.